The number of halogens is 1. The summed E-state index contributed by atoms with van der Waals surface area (Å²) in [4.78, 5) is 14.1. The number of benzene rings is 1. The van der Waals surface area contributed by atoms with E-state index in [0.717, 1.165) is 30.3 Å². The highest BCUT2D eigenvalue weighted by molar-refractivity contribution is 7.99. The van der Waals surface area contributed by atoms with Crippen LogP contribution in [0.25, 0.3) is 0 Å². The highest BCUT2D eigenvalue weighted by Crippen LogP contribution is 2.21. The fraction of sp³-hybridized carbons (Fsp3) is 0.368. The number of hydrogen-bond acceptors (Lipinski definition) is 5. The molecule has 2 aromatic rings. The van der Waals surface area contributed by atoms with Crippen molar-refractivity contribution in [3.63, 3.8) is 0 Å². The number of anilines is 1. The third-order valence-electron chi connectivity index (χ3n) is 4.05. The second-order valence-electron chi connectivity index (χ2n) is 6.14. The average molecular weight is 392 g/mol. The van der Waals surface area contributed by atoms with Crippen molar-refractivity contribution in [3.05, 3.63) is 52.7 Å². The van der Waals surface area contributed by atoms with Crippen molar-refractivity contribution in [3.8, 4) is 0 Å². The van der Waals surface area contributed by atoms with Crippen molar-refractivity contribution in [2.75, 3.05) is 23.7 Å². The smallest absolute Gasteiger partial charge is 0.250 e. The van der Waals surface area contributed by atoms with Crippen LogP contribution in [-0.2, 0) is 10.5 Å². The second kappa shape index (κ2) is 9.69. The molecule has 0 aliphatic carbocycles. The molecule has 1 saturated heterocycles. The molecular weight excluding hydrogens is 370 g/mol. The summed E-state index contributed by atoms with van der Waals surface area (Å²) in [6.45, 7) is 2.06. The number of thioether (sulfide) groups is 1. The second-order valence-corrected chi connectivity index (χ2v) is 7.56. The molecule has 5 nitrogen and oxygen atoms in total. The molecule has 0 spiro atoms. The SMILES string of the molecule is O=C(CSCc1cccc(Cl)c1)N/N=C\c1ccc(N2CCCCC2)o1. The number of hydrogen-bond donors (Lipinski definition) is 1. The first-order chi connectivity index (χ1) is 12.7. The lowest BCUT2D eigenvalue weighted by Crippen LogP contribution is -2.28. The monoisotopic (exact) mass is 391 g/mol. The van der Waals surface area contributed by atoms with Crippen LogP contribution in [0, 0.1) is 0 Å². The molecule has 1 aromatic carbocycles. The van der Waals surface area contributed by atoms with Gasteiger partial charge in [-0.05, 0) is 43.0 Å². The van der Waals surface area contributed by atoms with Gasteiger partial charge in [-0.1, -0.05) is 23.7 Å². The number of hydrazone groups is 1. The first-order valence-corrected chi connectivity index (χ1v) is 10.2. The lowest BCUT2D eigenvalue weighted by Gasteiger charge is -2.25. The van der Waals surface area contributed by atoms with Gasteiger partial charge in [0.05, 0.1) is 12.0 Å². The van der Waals surface area contributed by atoms with Gasteiger partial charge in [-0.3, -0.25) is 4.79 Å². The van der Waals surface area contributed by atoms with Crippen molar-refractivity contribution >= 4 is 41.4 Å². The minimum atomic E-state index is -0.143. The molecule has 138 valence electrons. The van der Waals surface area contributed by atoms with Crippen molar-refractivity contribution < 1.29 is 9.21 Å². The van der Waals surface area contributed by atoms with Gasteiger partial charge in [0.25, 0.3) is 0 Å². The van der Waals surface area contributed by atoms with Gasteiger partial charge in [0, 0.05) is 29.9 Å². The van der Waals surface area contributed by atoms with E-state index in [-0.39, 0.29) is 5.91 Å². The van der Waals surface area contributed by atoms with E-state index in [9.17, 15) is 4.79 Å². The summed E-state index contributed by atoms with van der Waals surface area (Å²) in [5, 5.41) is 4.68. The zero-order valence-corrected chi connectivity index (χ0v) is 16.1. The van der Waals surface area contributed by atoms with E-state index in [4.69, 9.17) is 16.0 Å². The lowest BCUT2D eigenvalue weighted by molar-refractivity contribution is -0.118. The van der Waals surface area contributed by atoms with Crippen LogP contribution in [0.5, 0.6) is 0 Å². The number of furan rings is 1. The molecular formula is C19H22ClN3O2S. The van der Waals surface area contributed by atoms with Gasteiger partial charge in [-0.2, -0.15) is 5.10 Å². The van der Waals surface area contributed by atoms with Crippen LogP contribution in [0.4, 0.5) is 5.88 Å². The Labute approximate surface area is 162 Å². The molecule has 1 fully saturated rings. The maximum atomic E-state index is 11.8. The first kappa shape index (κ1) is 18.9. The van der Waals surface area contributed by atoms with Crippen LogP contribution < -0.4 is 10.3 Å². The molecule has 0 atom stereocenters. The molecule has 7 heteroatoms. The molecule has 26 heavy (non-hydrogen) atoms. The Bertz CT molecular complexity index is 757. The maximum absolute atomic E-state index is 11.8. The molecule has 0 bridgehead atoms. The number of piperidine rings is 1. The topological polar surface area (TPSA) is 57.8 Å². The Kier molecular flexibility index (Phi) is 7.03. The maximum Gasteiger partial charge on any atom is 0.250 e. The molecule has 3 rings (SSSR count). The zero-order chi connectivity index (χ0) is 18.2. The van der Waals surface area contributed by atoms with Gasteiger partial charge in [0.2, 0.25) is 5.91 Å². The molecule has 2 heterocycles. The summed E-state index contributed by atoms with van der Waals surface area (Å²) < 4.78 is 5.76. The number of nitrogens with zero attached hydrogens (tertiary/aromatic N) is 2. The summed E-state index contributed by atoms with van der Waals surface area (Å²) in [7, 11) is 0. The van der Waals surface area contributed by atoms with E-state index in [1.165, 1.54) is 37.2 Å². The van der Waals surface area contributed by atoms with Crippen molar-refractivity contribution in [2.24, 2.45) is 5.10 Å². The molecule has 0 radical (unpaired) electrons. The molecule has 1 aliphatic rings. The molecule has 1 amide bonds. The van der Waals surface area contributed by atoms with E-state index >= 15 is 0 Å². The summed E-state index contributed by atoms with van der Waals surface area (Å²) in [6, 6.07) is 11.5. The van der Waals surface area contributed by atoms with E-state index in [0.29, 0.717) is 16.5 Å². The first-order valence-electron chi connectivity index (χ1n) is 8.69. The van der Waals surface area contributed by atoms with E-state index in [2.05, 4.69) is 15.4 Å². The fourth-order valence-electron chi connectivity index (χ4n) is 2.78. The number of rotatable bonds is 7. The lowest BCUT2D eigenvalue weighted by atomic mass is 10.1. The summed E-state index contributed by atoms with van der Waals surface area (Å²) >= 11 is 7.46. The molecule has 0 unspecified atom stereocenters. The normalized spacial score (nSPS) is 14.7. The minimum absolute atomic E-state index is 0.143. The number of carbonyl (C=O) groups is 1. The van der Waals surface area contributed by atoms with Crippen LogP contribution in [0.15, 0.2) is 45.9 Å². The van der Waals surface area contributed by atoms with Crippen LogP contribution in [0.1, 0.15) is 30.6 Å². The van der Waals surface area contributed by atoms with Gasteiger partial charge in [-0.15, -0.1) is 11.8 Å². The number of carbonyl (C=O) groups excluding carboxylic acids is 1. The highest BCUT2D eigenvalue weighted by atomic mass is 35.5. The quantitative estimate of drug-likeness (QED) is 0.564. The Hall–Kier alpha value is -1.92. The van der Waals surface area contributed by atoms with Crippen LogP contribution in [-0.4, -0.2) is 31.0 Å². The van der Waals surface area contributed by atoms with Crippen LogP contribution in [0.2, 0.25) is 5.02 Å². The standard InChI is InChI=1S/C19H22ClN3O2S/c20-16-6-4-5-15(11-16)13-26-14-18(24)22-21-12-17-7-8-19(25-17)23-9-2-1-3-10-23/h4-8,11-12H,1-3,9-10,13-14H2,(H,22,24)/b21-12-. The van der Waals surface area contributed by atoms with E-state index < -0.39 is 0 Å². The minimum Gasteiger partial charge on any atom is -0.440 e. The third kappa shape index (κ3) is 5.81. The predicted molar refractivity (Wildman–Crippen MR) is 108 cm³/mol. The van der Waals surface area contributed by atoms with Crippen LogP contribution >= 0.6 is 23.4 Å². The zero-order valence-electron chi connectivity index (χ0n) is 14.5. The molecule has 1 aromatic heterocycles. The summed E-state index contributed by atoms with van der Waals surface area (Å²) in [5.41, 5.74) is 3.62. The number of nitrogens with one attached hydrogen (secondary N) is 1. The van der Waals surface area contributed by atoms with Gasteiger partial charge in [-0.25, -0.2) is 5.43 Å². The Morgan fingerprint density at radius 2 is 2.12 bits per heavy atom. The molecule has 0 saturated carbocycles. The van der Waals surface area contributed by atoms with Crippen molar-refractivity contribution in [1.29, 1.82) is 0 Å². The fourth-order valence-corrected chi connectivity index (χ4v) is 3.76. The van der Waals surface area contributed by atoms with Gasteiger partial charge < -0.3 is 9.32 Å². The van der Waals surface area contributed by atoms with E-state index in [1.54, 1.807) is 0 Å². The Balaban J connectivity index is 1.39. The average Bonchev–Trinajstić information content (AvgIpc) is 3.11. The van der Waals surface area contributed by atoms with Crippen LogP contribution in [0.3, 0.4) is 0 Å². The summed E-state index contributed by atoms with van der Waals surface area (Å²) in [6.07, 6.45) is 5.22. The van der Waals surface area contributed by atoms with Crippen molar-refractivity contribution in [2.45, 2.75) is 25.0 Å². The Morgan fingerprint density at radius 3 is 2.92 bits per heavy atom. The van der Waals surface area contributed by atoms with E-state index in [1.807, 2.05) is 36.4 Å². The number of amides is 1. The predicted octanol–water partition coefficient (Wildman–Crippen LogP) is 4.31. The van der Waals surface area contributed by atoms with Gasteiger partial charge in [0.1, 0.15) is 5.76 Å². The molecule has 1 aliphatic heterocycles. The largest absolute Gasteiger partial charge is 0.440 e. The Morgan fingerprint density at radius 1 is 1.27 bits per heavy atom. The third-order valence-corrected chi connectivity index (χ3v) is 5.29. The van der Waals surface area contributed by atoms with Gasteiger partial charge in [0.15, 0.2) is 5.88 Å². The summed E-state index contributed by atoms with van der Waals surface area (Å²) in [5.74, 6) is 2.43. The highest BCUT2D eigenvalue weighted by Gasteiger charge is 2.13. The van der Waals surface area contributed by atoms with Gasteiger partial charge >= 0.3 is 0 Å². The van der Waals surface area contributed by atoms with Crippen molar-refractivity contribution in [1.82, 2.24) is 5.43 Å². The molecule has 1 N–H and O–H groups in total.